The molecule has 1 aromatic carbocycles. The fourth-order valence-corrected chi connectivity index (χ4v) is 1.61. The molecule has 6 heteroatoms. The first-order valence-corrected chi connectivity index (χ1v) is 6.48. The van der Waals surface area contributed by atoms with Crippen molar-refractivity contribution >= 4 is 29.3 Å². The van der Waals surface area contributed by atoms with Gasteiger partial charge in [-0.05, 0) is 37.1 Å². The Hall–Kier alpha value is -1.75. The van der Waals surface area contributed by atoms with E-state index in [9.17, 15) is 9.59 Å². The number of carbonyl (C=O) groups excluding carboxylic acids is 1. The van der Waals surface area contributed by atoms with Crippen LogP contribution >= 0.6 is 11.6 Å². The van der Waals surface area contributed by atoms with Gasteiger partial charge in [0, 0.05) is 23.7 Å². The number of carbonyl (C=O) groups is 2. The highest BCUT2D eigenvalue weighted by Crippen LogP contribution is 2.12. The van der Waals surface area contributed by atoms with E-state index < -0.39 is 5.97 Å². The minimum absolute atomic E-state index is 0.178. The van der Waals surface area contributed by atoms with Crippen molar-refractivity contribution in [2.45, 2.75) is 25.7 Å². The SMILES string of the molecule is O=C(O)CCCCCNC(=O)Nc1ccc(Cl)cc1. The lowest BCUT2D eigenvalue weighted by Gasteiger charge is -2.07. The fourth-order valence-electron chi connectivity index (χ4n) is 1.49. The van der Waals surface area contributed by atoms with Gasteiger partial charge in [0.15, 0.2) is 0 Å². The van der Waals surface area contributed by atoms with E-state index in [0.29, 0.717) is 23.7 Å². The number of nitrogens with one attached hydrogen (secondary N) is 2. The third-order valence-corrected chi connectivity index (χ3v) is 2.71. The molecule has 0 aliphatic carbocycles. The number of carboxylic acid groups (broad SMARTS) is 1. The number of hydrogen-bond acceptors (Lipinski definition) is 2. The van der Waals surface area contributed by atoms with Gasteiger partial charge >= 0.3 is 12.0 Å². The molecule has 0 spiro atoms. The number of rotatable bonds is 7. The topological polar surface area (TPSA) is 78.4 Å². The molecule has 2 amide bonds. The molecule has 0 saturated heterocycles. The lowest BCUT2D eigenvalue weighted by Crippen LogP contribution is -2.29. The van der Waals surface area contributed by atoms with Crippen molar-refractivity contribution in [3.63, 3.8) is 0 Å². The number of carboxylic acids is 1. The van der Waals surface area contributed by atoms with Gasteiger partial charge < -0.3 is 15.7 Å². The summed E-state index contributed by atoms with van der Waals surface area (Å²) >= 11 is 5.73. The molecule has 1 rings (SSSR count). The van der Waals surface area contributed by atoms with E-state index in [4.69, 9.17) is 16.7 Å². The zero-order valence-corrected chi connectivity index (χ0v) is 11.2. The normalized spacial score (nSPS) is 9.95. The molecule has 19 heavy (non-hydrogen) atoms. The molecule has 5 nitrogen and oxygen atoms in total. The number of anilines is 1. The van der Waals surface area contributed by atoms with Gasteiger partial charge in [-0.1, -0.05) is 18.0 Å². The molecule has 0 aliphatic heterocycles. The minimum atomic E-state index is -0.784. The number of hydrogen-bond donors (Lipinski definition) is 3. The second-order valence-corrected chi connectivity index (χ2v) is 4.53. The van der Waals surface area contributed by atoms with Crippen LogP contribution in [0.1, 0.15) is 25.7 Å². The van der Waals surface area contributed by atoms with E-state index in [1.54, 1.807) is 24.3 Å². The Kier molecular flexibility index (Phi) is 6.74. The molecule has 0 aromatic heterocycles. The van der Waals surface area contributed by atoms with Crippen LogP contribution in [0.15, 0.2) is 24.3 Å². The lowest BCUT2D eigenvalue weighted by molar-refractivity contribution is -0.137. The Bertz CT molecular complexity index is 420. The number of amides is 2. The summed E-state index contributed by atoms with van der Waals surface area (Å²) in [4.78, 5) is 21.8. The minimum Gasteiger partial charge on any atom is -0.481 e. The molecule has 0 atom stereocenters. The summed E-state index contributed by atoms with van der Waals surface area (Å²) in [6, 6.07) is 6.55. The van der Waals surface area contributed by atoms with E-state index in [1.165, 1.54) is 0 Å². The number of halogens is 1. The summed E-state index contributed by atoms with van der Waals surface area (Å²) in [5.74, 6) is -0.784. The molecule has 0 heterocycles. The Morgan fingerprint density at radius 3 is 2.42 bits per heavy atom. The molecule has 0 fully saturated rings. The van der Waals surface area contributed by atoms with Gasteiger partial charge in [0.2, 0.25) is 0 Å². The van der Waals surface area contributed by atoms with Gasteiger partial charge in [-0.25, -0.2) is 4.79 Å². The van der Waals surface area contributed by atoms with E-state index in [2.05, 4.69) is 10.6 Å². The van der Waals surface area contributed by atoms with Gasteiger partial charge in [0.25, 0.3) is 0 Å². The quantitative estimate of drug-likeness (QED) is 0.673. The van der Waals surface area contributed by atoms with Crippen LogP contribution in [0, 0.1) is 0 Å². The summed E-state index contributed by atoms with van der Waals surface area (Å²) in [6.45, 7) is 0.527. The zero-order chi connectivity index (χ0) is 14.1. The molecule has 0 unspecified atom stereocenters. The molecule has 0 bridgehead atoms. The van der Waals surface area contributed by atoms with E-state index in [0.717, 1.165) is 12.8 Å². The zero-order valence-electron chi connectivity index (χ0n) is 10.5. The van der Waals surface area contributed by atoms with Gasteiger partial charge in [0.1, 0.15) is 0 Å². The Labute approximate surface area is 117 Å². The summed E-state index contributed by atoms with van der Waals surface area (Å²) in [7, 11) is 0. The van der Waals surface area contributed by atoms with Crippen LogP contribution in [-0.4, -0.2) is 23.7 Å². The van der Waals surface area contributed by atoms with Crippen molar-refractivity contribution in [3.05, 3.63) is 29.3 Å². The van der Waals surface area contributed by atoms with E-state index in [-0.39, 0.29) is 12.5 Å². The highest BCUT2D eigenvalue weighted by molar-refractivity contribution is 6.30. The summed E-state index contributed by atoms with van der Waals surface area (Å²) in [5, 5.41) is 14.4. The van der Waals surface area contributed by atoms with Crippen LogP contribution < -0.4 is 10.6 Å². The number of urea groups is 1. The van der Waals surface area contributed by atoms with Crippen molar-refractivity contribution in [1.82, 2.24) is 5.32 Å². The van der Waals surface area contributed by atoms with Gasteiger partial charge in [-0.3, -0.25) is 4.79 Å². The van der Waals surface area contributed by atoms with Crippen LogP contribution in [-0.2, 0) is 4.79 Å². The average molecular weight is 285 g/mol. The smallest absolute Gasteiger partial charge is 0.319 e. The monoisotopic (exact) mass is 284 g/mol. The molecule has 0 radical (unpaired) electrons. The molecule has 0 saturated carbocycles. The predicted octanol–water partition coefficient (Wildman–Crippen LogP) is 3.11. The number of benzene rings is 1. The van der Waals surface area contributed by atoms with Crippen molar-refractivity contribution in [1.29, 1.82) is 0 Å². The highest BCUT2D eigenvalue weighted by atomic mass is 35.5. The molecule has 0 aliphatic rings. The maximum Gasteiger partial charge on any atom is 0.319 e. The first-order valence-electron chi connectivity index (χ1n) is 6.10. The van der Waals surface area contributed by atoms with Crippen LogP contribution in [0.2, 0.25) is 5.02 Å². The number of unbranched alkanes of at least 4 members (excludes halogenated alkanes) is 2. The van der Waals surface area contributed by atoms with Crippen molar-refractivity contribution in [2.24, 2.45) is 0 Å². The maximum absolute atomic E-state index is 11.5. The second kappa shape index (κ2) is 8.37. The van der Waals surface area contributed by atoms with Crippen molar-refractivity contribution in [2.75, 3.05) is 11.9 Å². The van der Waals surface area contributed by atoms with Crippen LogP contribution in [0.4, 0.5) is 10.5 Å². The molecular formula is C13H17ClN2O3. The standard InChI is InChI=1S/C13H17ClN2O3/c14-10-5-7-11(8-6-10)16-13(19)15-9-3-1-2-4-12(17)18/h5-8H,1-4,9H2,(H,17,18)(H2,15,16,19). The molecule has 104 valence electrons. The Morgan fingerprint density at radius 2 is 1.79 bits per heavy atom. The first kappa shape index (κ1) is 15.3. The van der Waals surface area contributed by atoms with Gasteiger partial charge in [-0.2, -0.15) is 0 Å². The van der Waals surface area contributed by atoms with Gasteiger partial charge in [-0.15, -0.1) is 0 Å². The summed E-state index contributed by atoms with van der Waals surface area (Å²) in [5.41, 5.74) is 0.674. The molecular weight excluding hydrogens is 268 g/mol. The lowest BCUT2D eigenvalue weighted by atomic mass is 10.2. The van der Waals surface area contributed by atoms with Crippen LogP contribution in [0.3, 0.4) is 0 Å². The Morgan fingerprint density at radius 1 is 1.11 bits per heavy atom. The third-order valence-electron chi connectivity index (χ3n) is 2.46. The maximum atomic E-state index is 11.5. The van der Waals surface area contributed by atoms with Gasteiger partial charge in [0.05, 0.1) is 0 Å². The predicted molar refractivity (Wildman–Crippen MR) is 74.6 cm³/mol. The van der Waals surface area contributed by atoms with E-state index >= 15 is 0 Å². The molecule has 1 aromatic rings. The second-order valence-electron chi connectivity index (χ2n) is 4.09. The highest BCUT2D eigenvalue weighted by Gasteiger charge is 2.01. The largest absolute Gasteiger partial charge is 0.481 e. The van der Waals surface area contributed by atoms with Crippen molar-refractivity contribution in [3.8, 4) is 0 Å². The van der Waals surface area contributed by atoms with Crippen LogP contribution in [0.25, 0.3) is 0 Å². The van der Waals surface area contributed by atoms with Crippen LogP contribution in [0.5, 0.6) is 0 Å². The first-order chi connectivity index (χ1) is 9.08. The van der Waals surface area contributed by atoms with Crippen molar-refractivity contribution < 1.29 is 14.7 Å². The average Bonchev–Trinajstić information content (AvgIpc) is 2.36. The number of aliphatic carboxylic acids is 1. The molecule has 3 N–H and O–H groups in total. The summed E-state index contributed by atoms with van der Waals surface area (Å²) < 4.78 is 0. The van der Waals surface area contributed by atoms with E-state index in [1.807, 2.05) is 0 Å². The fraction of sp³-hybridized carbons (Fsp3) is 0.385. The third kappa shape index (κ3) is 7.31. The summed E-state index contributed by atoms with van der Waals surface area (Å²) in [6.07, 6.45) is 2.36. The Balaban J connectivity index is 2.11.